The Morgan fingerprint density at radius 2 is 2.19 bits per heavy atom. The van der Waals surface area contributed by atoms with E-state index in [9.17, 15) is 4.79 Å². The molecule has 86 valence electrons. The minimum atomic E-state index is -0.173. The van der Waals surface area contributed by atoms with Crippen molar-refractivity contribution in [2.45, 2.75) is 6.92 Å². The average molecular weight is 220 g/mol. The first-order valence-corrected chi connectivity index (χ1v) is 4.99. The van der Waals surface area contributed by atoms with E-state index in [1.54, 1.807) is 26.2 Å². The molecule has 0 bridgehead atoms. The summed E-state index contributed by atoms with van der Waals surface area (Å²) in [5.41, 5.74) is 2.40. The van der Waals surface area contributed by atoms with Crippen molar-refractivity contribution in [2.75, 3.05) is 21.2 Å². The van der Waals surface area contributed by atoms with Gasteiger partial charge in [-0.3, -0.25) is 14.6 Å². The summed E-state index contributed by atoms with van der Waals surface area (Å²) in [5, 5.41) is 1.19. The zero-order valence-corrected chi connectivity index (χ0v) is 10.0. The highest BCUT2D eigenvalue weighted by molar-refractivity contribution is 6.14. The van der Waals surface area contributed by atoms with E-state index < -0.39 is 0 Å². The molecular weight excluding hydrogens is 204 g/mol. The summed E-state index contributed by atoms with van der Waals surface area (Å²) in [6.07, 6.45) is 7.30. The average Bonchev–Trinajstić information content (AvgIpc) is 2.35. The van der Waals surface area contributed by atoms with Gasteiger partial charge in [0.05, 0.1) is 12.8 Å². The van der Waals surface area contributed by atoms with Crippen LogP contribution >= 0.6 is 0 Å². The first kappa shape index (κ1) is 12.4. The largest absolute Gasteiger partial charge is 0.288 e. The van der Waals surface area contributed by atoms with Gasteiger partial charge in [-0.2, -0.15) is 0 Å². The van der Waals surface area contributed by atoms with Crippen molar-refractivity contribution in [1.82, 2.24) is 5.06 Å². The molecule has 0 aromatic heterocycles. The topological polar surface area (TPSA) is 41.9 Å². The Morgan fingerprint density at radius 1 is 1.50 bits per heavy atom. The van der Waals surface area contributed by atoms with Gasteiger partial charge in [-0.25, -0.2) is 5.06 Å². The molecule has 4 heteroatoms. The molecule has 1 amide bonds. The maximum Gasteiger partial charge on any atom is 0.277 e. The van der Waals surface area contributed by atoms with Crippen LogP contribution in [0, 0.1) is 0 Å². The molecule has 0 spiro atoms. The lowest BCUT2D eigenvalue weighted by Crippen LogP contribution is -2.27. The van der Waals surface area contributed by atoms with E-state index in [-0.39, 0.29) is 5.91 Å². The van der Waals surface area contributed by atoms with Gasteiger partial charge in [0, 0.05) is 19.7 Å². The number of carbonyl (C=O) groups is 1. The van der Waals surface area contributed by atoms with Gasteiger partial charge in [0.1, 0.15) is 0 Å². The number of carbonyl (C=O) groups excluding carboxylic acids is 1. The smallest absolute Gasteiger partial charge is 0.277 e. The summed E-state index contributed by atoms with van der Waals surface area (Å²) in [4.78, 5) is 20.8. The highest BCUT2D eigenvalue weighted by Crippen LogP contribution is 2.15. The Morgan fingerprint density at radius 3 is 2.69 bits per heavy atom. The highest BCUT2D eigenvalue weighted by Gasteiger charge is 2.16. The lowest BCUT2D eigenvalue weighted by molar-refractivity contribution is -0.163. The normalized spacial score (nSPS) is 20.1. The fourth-order valence-electron chi connectivity index (χ4n) is 1.39. The van der Waals surface area contributed by atoms with Gasteiger partial charge in [-0.05, 0) is 30.7 Å². The molecule has 0 unspecified atom stereocenters. The number of rotatable bonds is 2. The van der Waals surface area contributed by atoms with Crippen molar-refractivity contribution in [3.8, 4) is 0 Å². The van der Waals surface area contributed by atoms with Crippen LogP contribution in [0.2, 0.25) is 0 Å². The number of nitrogens with zero attached hydrogens (tertiary/aromatic N) is 2. The molecule has 0 aliphatic heterocycles. The van der Waals surface area contributed by atoms with Gasteiger partial charge in [0.2, 0.25) is 0 Å². The van der Waals surface area contributed by atoms with Gasteiger partial charge < -0.3 is 0 Å². The fourth-order valence-corrected chi connectivity index (χ4v) is 1.39. The van der Waals surface area contributed by atoms with E-state index in [4.69, 9.17) is 4.84 Å². The van der Waals surface area contributed by atoms with E-state index in [2.05, 4.69) is 4.99 Å². The predicted octanol–water partition coefficient (Wildman–Crippen LogP) is 1.52. The van der Waals surface area contributed by atoms with E-state index in [1.165, 1.54) is 12.2 Å². The Balaban J connectivity index is 2.99. The number of amides is 1. The number of aliphatic imine (C=N–C) groups is 1. The van der Waals surface area contributed by atoms with Crippen LogP contribution in [0.15, 0.2) is 40.4 Å². The van der Waals surface area contributed by atoms with Gasteiger partial charge >= 0.3 is 0 Å². The monoisotopic (exact) mass is 220 g/mol. The maximum absolute atomic E-state index is 11.8. The van der Waals surface area contributed by atoms with Crippen LogP contribution in [0.1, 0.15) is 6.92 Å². The summed E-state index contributed by atoms with van der Waals surface area (Å²) < 4.78 is 0. The van der Waals surface area contributed by atoms with Crippen LogP contribution in [-0.4, -0.2) is 37.9 Å². The van der Waals surface area contributed by atoms with Crippen molar-refractivity contribution in [2.24, 2.45) is 4.99 Å². The molecule has 0 saturated heterocycles. The highest BCUT2D eigenvalue weighted by atomic mass is 16.7. The van der Waals surface area contributed by atoms with E-state index in [1.807, 2.05) is 19.1 Å². The second-order valence-electron chi connectivity index (χ2n) is 3.27. The Kier molecular flexibility index (Phi) is 4.19. The lowest BCUT2D eigenvalue weighted by atomic mass is 9.99. The minimum absolute atomic E-state index is 0.173. The lowest BCUT2D eigenvalue weighted by Gasteiger charge is -2.16. The van der Waals surface area contributed by atoms with Crippen LogP contribution in [-0.2, 0) is 9.63 Å². The van der Waals surface area contributed by atoms with Gasteiger partial charge in [-0.1, -0.05) is 6.08 Å². The molecular formula is C12H16N2O2. The summed E-state index contributed by atoms with van der Waals surface area (Å²) in [6, 6.07) is 0. The first-order valence-electron chi connectivity index (χ1n) is 4.99. The standard InChI is InChI=1S/C12H16N2O2/c1-5-9-8-10(6-7-11(9)13-2)12(15)14(3)16-4/h5-8H,1-4H3/b9-5-,13-11?. The molecule has 0 fully saturated rings. The summed E-state index contributed by atoms with van der Waals surface area (Å²) in [7, 11) is 4.77. The van der Waals surface area contributed by atoms with Crippen molar-refractivity contribution >= 4 is 11.6 Å². The molecule has 4 nitrogen and oxygen atoms in total. The van der Waals surface area contributed by atoms with Gasteiger partial charge in [0.15, 0.2) is 0 Å². The fraction of sp³-hybridized carbons (Fsp3) is 0.333. The zero-order chi connectivity index (χ0) is 12.1. The van der Waals surface area contributed by atoms with E-state index >= 15 is 0 Å². The van der Waals surface area contributed by atoms with Gasteiger partial charge in [0.25, 0.3) is 5.91 Å². The second-order valence-corrected chi connectivity index (χ2v) is 3.27. The summed E-state index contributed by atoms with van der Waals surface area (Å²) in [6.45, 7) is 1.91. The Hall–Kier alpha value is -1.68. The molecule has 1 aliphatic carbocycles. The van der Waals surface area contributed by atoms with Crippen molar-refractivity contribution in [3.63, 3.8) is 0 Å². The third-order valence-corrected chi connectivity index (χ3v) is 2.39. The molecule has 0 aromatic carbocycles. The molecule has 0 saturated carbocycles. The second kappa shape index (κ2) is 5.42. The van der Waals surface area contributed by atoms with Crippen LogP contribution in [0.4, 0.5) is 0 Å². The molecule has 0 atom stereocenters. The molecule has 0 N–H and O–H groups in total. The number of hydrogen-bond acceptors (Lipinski definition) is 3. The summed E-state index contributed by atoms with van der Waals surface area (Å²) >= 11 is 0. The van der Waals surface area contributed by atoms with Crippen LogP contribution in [0.5, 0.6) is 0 Å². The third-order valence-electron chi connectivity index (χ3n) is 2.39. The molecule has 0 radical (unpaired) electrons. The summed E-state index contributed by atoms with van der Waals surface area (Å²) in [5.74, 6) is -0.173. The van der Waals surface area contributed by atoms with Crippen molar-refractivity contribution in [1.29, 1.82) is 0 Å². The molecule has 0 aromatic rings. The zero-order valence-electron chi connectivity index (χ0n) is 10.0. The molecule has 1 aliphatic rings. The van der Waals surface area contributed by atoms with Crippen LogP contribution < -0.4 is 0 Å². The SMILES string of the molecule is C/C=C1/C=C(C(=O)N(C)OC)C=CC1=NC. The minimum Gasteiger partial charge on any atom is -0.288 e. The first-order chi connectivity index (χ1) is 7.63. The molecule has 0 heterocycles. The van der Waals surface area contributed by atoms with Gasteiger partial charge in [-0.15, -0.1) is 0 Å². The number of allylic oxidation sites excluding steroid dienone is 4. The molecule has 16 heavy (non-hydrogen) atoms. The van der Waals surface area contributed by atoms with E-state index in [0.717, 1.165) is 11.3 Å². The van der Waals surface area contributed by atoms with Crippen LogP contribution in [0.3, 0.4) is 0 Å². The Bertz CT molecular complexity index is 403. The number of hydroxylamine groups is 2. The van der Waals surface area contributed by atoms with E-state index in [0.29, 0.717) is 5.57 Å². The quantitative estimate of drug-likeness (QED) is 0.662. The Labute approximate surface area is 95.6 Å². The molecule has 1 rings (SSSR count). The maximum atomic E-state index is 11.8. The van der Waals surface area contributed by atoms with Crippen LogP contribution in [0.25, 0.3) is 0 Å². The third kappa shape index (κ3) is 2.46. The van der Waals surface area contributed by atoms with Crippen molar-refractivity contribution < 1.29 is 9.63 Å². The predicted molar refractivity (Wildman–Crippen MR) is 64.1 cm³/mol. The van der Waals surface area contributed by atoms with Crippen molar-refractivity contribution in [3.05, 3.63) is 35.5 Å². The number of hydrogen-bond donors (Lipinski definition) is 0. The number of likely N-dealkylation sites (N-methyl/N-ethyl adjacent to an activating group) is 1.